The fourth-order valence-electron chi connectivity index (χ4n) is 4.60. The highest BCUT2D eigenvalue weighted by molar-refractivity contribution is 7.08. The first-order valence-corrected chi connectivity index (χ1v) is 9.77. The lowest BCUT2D eigenvalue weighted by Crippen LogP contribution is -2.36. The Kier molecular flexibility index (Phi) is 3.79. The molecule has 3 aromatic rings. The quantitative estimate of drug-likeness (QED) is 0.755. The normalized spacial score (nSPS) is 28.4. The number of aliphatic hydroxyl groups excluding tert-OH is 1. The third-order valence-electron chi connectivity index (χ3n) is 5.88. The van der Waals surface area contributed by atoms with Gasteiger partial charge in [0.1, 0.15) is 4.88 Å². The second kappa shape index (κ2) is 6.17. The summed E-state index contributed by atoms with van der Waals surface area (Å²) in [6.45, 7) is 1.49. The molecule has 1 aromatic carbocycles. The van der Waals surface area contributed by atoms with Crippen LogP contribution in [0.2, 0.25) is 0 Å². The highest BCUT2D eigenvalue weighted by Crippen LogP contribution is 2.42. The van der Waals surface area contributed by atoms with Gasteiger partial charge >= 0.3 is 0 Å². The summed E-state index contributed by atoms with van der Waals surface area (Å²) in [4.78, 5) is 19.7. The van der Waals surface area contributed by atoms with E-state index in [1.807, 2.05) is 29.4 Å². The van der Waals surface area contributed by atoms with Crippen LogP contribution in [0.3, 0.4) is 0 Å². The SMILES string of the molecule is O=C(c1ccns1)N1C[C@H]2C[C@@H](n3cnc4ccccc43)[C@H](O)C[C@H]2C1. The summed E-state index contributed by atoms with van der Waals surface area (Å²) < 4.78 is 6.15. The summed E-state index contributed by atoms with van der Waals surface area (Å²) in [6.07, 6.45) is 4.71. The summed E-state index contributed by atoms with van der Waals surface area (Å²) in [5.74, 6) is 0.857. The first kappa shape index (κ1) is 16.0. The minimum atomic E-state index is -0.410. The molecule has 0 radical (unpaired) electrons. The Balaban J connectivity index is 1.38. The number of nitrogens with zero attached hydrogens (tertiary/aromatic N) is 4. The number of amides is 1. The van der Waals surface area contributed by atoms with E-state index in [2.05, 4.69) is 20.0 Å². The lowest BCUT2D eigenvalue weighted by Gasteiger charge is -2.36. The molecule has 2 aliphatic rings. The lowest BCUT2D eigenvalue weighted by atomic mass is 9.77. The van der Waals surface area contributed by atoms with E-state index < -0.39 is 6.10 Å². The number of fused-ring (bicyclic) bond motifs is 2. The highest BCUT2D eigenvalue weighted by atomic mass is 32.1. The maximum atomic E-state index is 12.6. The molecule has 1 aliphatic carbocycles. The van der Waals surface area contributed by atoms with E-state index in [1.165, 1.54) is 11.5 Å². The molecule has 1 saturated heterocycles. The van der Waals surface area contributed by atoms with E-state index in [0.717, 1.165) is 37.0 Å². The second-order valence-corrected chi connectivity index (χ2v) is 8.19. The van der Waals surface area contributed by atoms with Crippen molar-refractivity contribution in [3.8, 4) is 0 Å². The first-order chi connectivity index (χ1) is 12.7. The Morgan fingerprint density at radius 2 is 1.96 bits per heavy atom. The minimum absolute atomic E-state index is 0.0158. The Morgan fingerprint density at radius 3 is 2.77 bits per heavy atom. The van der Waals surface area contributed by atoms with Crippen molar-refractivity contribution in [3.63, 3.8) is 0 Å². The largest absolute Gasteiger partial charge is 0.391 e. The van der Waals surface area contributed by atoms with E-state index in [9.17, 15) is 9.90 Å². The molecular weight excluding hydrogens is 348 g/mol. The van der Waals surface area contributed by atoms with Crippen molar-refractivity contribution in [1.29, 1.82) is 0 Å². The monoisotopic (exact) mass is 368 g/mol. The molecule has 2 aromatic heterocycles. The van der Waals surface area contributed by atoms with Crippen molar-refractivity contribution in [1.82, 2.24) is 18.8 Å². The first-order valence-electron chi connectivity index (χ1n) is 9.00. The summed E-state index contributed by atoms with van der Waals surface area (Å²) in [5.41, 5.74) is 2.01. The van der Waals surface area contributed by atoms with E-state index in [0.29, 0.717) is 16.7 Å². The van der Waals surface area contributed by atoms with Crippen molar-refractivity contribution in [2.24, 2.45) is 11.8 Å². The van der Waals surface area contributed by atoms with Crippen LogP contribution in [-0.4, -0.2) is 49.0 Å². The van der Waals surface area contributed by atoms with Crippen molar-refractivity contribution >= 4 is 28.5 Å². The number of likely N-dealkylation sites (tertiary alicyclic amines) is 1. The molecule has 0 bridgehead atoms. The molecule has 7 heteroatoms. The molecule has 1 saturated carbocycles. The van der Waals surface area contributed by atoms with Gasteiger partial charge in [0, 0.05) is 19.3 Å². The number of carbonyl (C=O) groups is 1. The highest BCUT2D eigenvalue weighted by Gasteiger charge is 2.44. The molecule has 6 nitrogen and oxygen atoms in total. The molecule has 26 heavy (non-hydrogen) atoms. The predicted octanol–water partition coefficient (Wildman–Crippen LogP) is 2.58. The van der Waals surface area contributed by atoms with Crippen LogP contribution in [0.5, 0.6) is 0 Å². The number of aromatic nitrogens is 3. The second-order valence-electron chi connectivity index (χ2n) is 7.35. The zero-order chi connectivity index (χ0) is 17.7. The molecule has 2 fully saturated rings. The van der Waals surface area contributed by atoms with Crippen LogP contribution >= 0.6 is 11.5 Å². The summed E-state index contributed by atoms with van der Waals surface area (Å²) >= 11 is 1.25. The van der Waals surface area contributed by atoms with Crippen LogP contribution in [0.1, 0.15) is 28.6 Å². The molecule has 0 spiro atoms. The standard InChI is InChI=1S/C19H20N4O2S/c24-17-8-13-10-22(19(25)18-5-6-21-26-18)9-12(13)7-16(17)23-11-20-14-3-1-2-4-15(14)23/h1-6,11-13,16-17,24H,7-10H2/t12-,13+,16-,17-/m1/s1. The van der Waals surface area contributed by atoms with Gasteiger partial charge in [-0.25, -0.2) is 9.36 Å². The summed E-state index contributed by atoms with van der Waals surface area (Å²) in [7, 11) is 0. The Labute approximate surface area is 155 Å². The van der Waals surface area contributed by atoms with Gasteiger partial charge in [0.2, 0.25) is 0 Å². The maximum Gasteiger partial charge on any atom is 0.265 e. The number of imidazole rings is 1. The van der Waals surface area contributed by atoms with Gasteiger partial charge in [0.15, 0.2) is 0 Å². The van der Waals surface area contributed by atoms with E-state index in [1.54, 1.807) is 12.3 Å². The third-order valence-corrected chi connectivity index (χ3v) is 6.62. The van der Waals surface area contributed by atoms with Crippen molar-refractivity contribution in [3.05, 3.63) is 47.7 Å². The Bertz CT molecular complexity index is 938. The number of rotatable bonds is 2. The number of hydrogen-bond acceptors (Lipinski definition) is 5. The van der Waals surface area contributed by atoms with Crippen LogP contribution in [0.15, 0.2) is 42.9 Å². The van der Waals surface area contributed by atoms with Crippen LogP contribution in [0.25, 0.3) is 11.0 Å². The van der Waals surface area contributed by atoms with Crippen LogP contribution in [0.4, 0.5) is 0 Å². The van der Waals surface area contributed by atoms with Gasteiger partial charge in [-0.1, -0.05) is 12.1 Å². The molecule has 3 heterocycles. The number of aliphatic hydroxyl groups is 1. The zero-order valence-corrected chi connectivity index (χ0v) is 15.0. The van der Waals surface area contributed by atoms with E-state index in [4.69, 9.17) is 0 Å². The molecule has 1 aliphatic heterocycles. The van der Waals surface area contributed by atoms with Crippen LogP contribution < -0.4 is 0 Å². The van der Waals surface area contributed by atoms with Gasteiger partial charge in [-0.3, -0.25) is 4.79 Å². The third kappa shape index (κ3) is 2.54. The zero-order valence-electron chi connectivity index (χ0n) is 14.2. The van der Waals surface area contributed by atoms with Crippen LogP contribution in [-0.2, 0) is 0 Å². The predicted molar refractivity (Wildman–Crippen MR) is 99.0 cm³/mol. The minimum Gasteiger partial charge on any atom is -0.391 e. The van der Waals surface area contributed by atoms with E-state index in [-0.39, 0.29) is 11.9 Å². The Hall–Kier alpha value is -2.25. The molecular formula is C19H20N4O2S. The number of benzene rings is 1. The van der Waals surface area contributed by atoms with E-state index >= 15 is 0 Å². The van der Waals surface area contributed by atoms with Gasteiger partial charge in [0.25, 0.3) is 5.91 Å². The molecule has 4 atom stereocenters. The molecule has 0 unspecified atom stereocenters. The molecule has 1 amide bonds. The van der Waals surface area contributed by atoms with Gasteiger partial charge in [-0.2, -0.15) is 0 Å². The molecule has 134 valence electrons. The van der Waals surface area contributed by atoms with Gasteiger partial charge in [-0.05, 0) is 54.4 Å². The number of carbonyl (C=O) groups excluding carboxylic acids is 1. The van der Waals surface area contributed by atoms with Crippen molar-refractivity contribution in [2.75, 3.05) is 13.1 Å². The summed E-state index contributed by atoms with van der Waals surface area (Å²) in [5, 5.41) is 10.8. The smallest absolute Gasteiger partial charge is 0.265 e. The summed E-state index contributed by atoms with van der Waals surface area (Å²) in [6, 6.07) is 9.83. The van der Waals surface area contributed by atoms with Gasteiger partial charge < -0.3 is 14.6 Å². The van der Waals surface area contributed by atoms with Crippen LogP contribution in [0, 0.1) is 11.8 Å². The lowest BCUT2D eigenvalue weighted by molar-refractivity contribution is 0.0374. The van der Waals surface area contributed by atoms with Gasteiger partial charge in [0.05, 0.1) is 29.5 Å². The number of hydrogen-bond donors (Lipinski definition) is 1. The van der Waals surface area contributed by atoms with Crippen molar-refractivity contribution < 1.29 is 9.90 Å². The fourth-order valence-corrected chi connectivity index (χ4v) is 5.16. The molecule has 5 rings (SSSR count). The Morgan fingerprint density at radius 1 is 1.15 bits per heavy atom. The average Bonchev–Trinajstić information content (AvgIpc) is 3.39. The molecule has 1 N–H and O–H groups in total. The fraction of sp³-hybridized carbons (Fsp3) is 0.421. The topological polar surface area (TPSA) is 71.2 Å². The van der Waals surface area contributed by atoms with Crippen molar-refractivity contribution in [2.45, 2.75) is 25.0 Å². The van der Waals surface area contributed by atoms with Gasteiger partial charge in [-0.15, -0.1) is 0 Å². The maximum absolute atomic E-state index is 12.6. The average molecular weight is 368 g/mol. The number of para-hydroxylation sites is 2.